The van der Waals surface area contributed by atoms with Gasteiger partial charge in [0.15, 0.2) is 0 Å². The molecule has 1 rings (SSSR count). The minimum atomic E-state index is -0.351. The fourth-order valence-electron chi connectivity index (χ4n) is 1.59. The van der Waals surface area contributed by atoms with Crippen LogP contribution in [0.25, 0.3) is 0 Å². The first kappa shape index (κ1) is 14.6. The summed E-state index contributed by atoms with van der Waals surface area (Å²) in [5, 5.41) is 10.6. The third-order valence-corrected chi connectivity index (χ3v) is 3.92. The van der Waals surface area contributed by atoms with E-state index >= 15 is 0 Å². The molecule has 1 unspecified atom stereocenters. The topological polar surface area (TPSA) is 20.2 Å². The van der Waals surface area contributed by atoms with E-state index in [0.717, 1.165) is 11.3 Å². The molecule has 0 aliphatic rings. The molecule has 96 valence electrons. The van der Waals surface area contributed by atoms with Gasteiger partial charge in [0, 0.05) is 5.75 Å². The molecule has 0 aromatic heterocycles. The van der Waals surface area contributed by atoms with Crippen LogP contribution >= 0.6 is 11.8 Å². The second-order valence-corrected chi connectivity index (χ2v) is 7.38. The van der Waals surface area contributed by atoms with E-state index in [-0.39, 0.29) is 11.5 Å². The third-order valence-electron chi connectivity index (χ3n) is 2.75. The molecular weight excluding hydrogens is 228 g/mol. The maximum absolute atomic E-state index is 10.0. The molecule has 0 radical (unpaired) electrons. The maximum atomic E-state index is 10.0. The molecule has 0 heterocycles. The Kier molecular flexibility index (Phi) is 5.08. The minimum absolute atomic E-state index is 0.177. The molecule has 0 fully saturated rings. The molecule has 1 aromatic rings. The first-order valence-corrected chi connectivity index (χ1v) is 7.25. The van der Waals surface area contributed by atoms with Gasteiger partial charge in [-0.1, -0.05) is 58.9 Å². The Balaban J connectivity index is 2.67. The summed E-state index contributed by atoms with van der Waals surface area (Å²) in [5.41, 5.74) is 2.51. The number of rotatable bonds is 4. The molecule has 1 nitrogen and oxygen atoms in total. The van der Waals surface area contributed by atoms with Crippen LogP contribution in [0.1, 0.15) is 51.8 Å². The fraction of sp³-hybridized carbons (Fsp3) is 0.600. The van der Waals surface area contributed by atoms with Gasteiger partial charge >= 0.3 is 0 Å². The Morgan fingerprint density at radius 3 is 2.06 bits per heavy atom. The molecule has 0 aliphatic heterocycles. The number of benzene rings is 1. The van der Waals surface area contributed by atoms with E-state index in [1.54, 1.807) is 11.8 Å². The van der Waals surface area contributed by atoms with Crippen molar-refractivity contribution in [3.63, 3.8) is 0 Å². The van der Waals surface area contributed by atoms with E-state index in [9.17, 15) is 5.11 Å². The van der Waals surface area contributed by atoms with Crippen molar-refractivity contribution in [3.05, 3.63) is 35.4 Å². The smallest absolute Gasteiger partial charge is 0.0880 e. The number of aliphatic hydroxyl groups is 1. The van der Waals surface area contributed by atoms with Gasteiger partial charge in [-0.3, -0.25) is 0 Å². The van der Waals surface area contributed by atoms with Gasteiger partial charge in [-0.2, -0.15) is 11.8 Å². The molecule has 1 aromatic carbocycles. The summed E-state index contributed by atoms with van der Waals surface area (Å²) >= 11 is 1.79. The van der Waals surface area contributed by atoms with Crippen LogP contribution in [0.4, 0.5) is 0 Å². The second kappa shape index (κ2) is 5.92. The molecule has 1 N–H and O–H groups in total. The van der Waals surface area contributed by atoms with Crippen LogP contribution in [0.2, 0.25) is 0 Å². The lowest BCUT2D eigenvalue weighted by Crippen LogP contribution is -2.11. The Hall–Kier alpha value is -0.470. The largest absolute Gasteiger partial charge is 0.388 e. The fourth-order valence-corrected chi connectivity index (χ4v) is 2.34. The highest BCUT2D eigenvalue weighted by Gasteiger charge is 2.14. The summed E-state index contributed by atoms with van der Waals surface area (Å²) in [6.45, 7) is 10.9. The van der Waals surface area contributed by atoms with E-state index < -0.39 is 0 Å². The van der Waals surface area contributed by atoms with E-state index in [1.165, 1.54) is 5.56 Å². The predicted octanol–water partition coefficient (Wildman–Crippen LogP) is 4.16. The van der Waals surface area contributed by atoms with Crippen molar-refractivity contribution in [2.24, 2.45) is 0 Å². The summed E-state index contributed by atoms with van der Waals surface area (Å²) in [7, 11) is 0. The van der Waals surface area contributed by atoms with Crippen LogP contribution in [-0.4, -0.2) is 16.1 Å². The average Bonchev–Trinajstić information content (AvgIpc) is 2.25. The van der Waals surface area contributed by atoms with Crippen molar-refractivity contribution in [1.29, 1.82) is 0 Å². The van der Waals surface area contributed by atoms with Gasteiger partial charge in [0.1, 0.15) is 0 Å². The average molecular weight is 252 g/mol. The molecular formula is C15H24OS. The quantitative estimate of drug-likeness (QED) is 0.868. The number of hydrogen-bond donors (Lipinski definition) is 1. The lowest BCUT2D eigenvalue weighted by molar-refractivity contribution is 0.204. The zero-order valence-corrected chi connectivity index (χ0v) is 12.3. The van der Waals surface area contributed by atoms with Gasteiger partial charge in [-0.25, -0.2) is 0 Å². The second-order valence-electron chi connectivity index (χ2n) is 5.77. The van der Waals surface area contributed by atoms with Crippen LogP contribution < -0.4 is 0 Å². The highest BCUT2D eigenvalue weighted by atomic mass is 32.2. The zero-order chi connectivity index (χ0) is 13.1. The number of hydrogen-bond acceptors (Lipinski definition) is 2. The lowest BCUT2D eigenvalue weighted by atomic mass is 9.86. The SMILES string of the molecule is CC(C)SCC(O)c1ccc(C(C)(C)C)cc1. The van der Waals surface area contributed by atoms with Crippen molar-refractivity contribution < 1.29 is 5.11 Å². The Morgan fingerprint density at radius 2 is 1.65 bits per heavy atom. The first-order valence-electron chi connectivity index (χ1n) is 6.21. The van der Waals surface area contributed by atoms with Crippen LogP contribution in [0.3, 0.4) is 0 Å². The van der Waals surface area contributed by atoms with Gasteiger partial charge in [0.05, 0.1) is 6.10 Å². The third kappa shape index (κ3) is 4.72. The molecule has 0 saturated heterocycles. The van der Waals surface area contributed by atoms with Gasteiger partial charge in [-0.05, 0) is 21.8 Å². The standard InChI is InChI=1S/C15H24OS/c1-11(2)17-10-14(16)12-6-8-13(9-7-12)15(3,4)5/h6-9,11,14,16H,10H2,1-5H3. The van der Waals surface area contributed by atoms with E-state index in [2.05, 4.69) is 46.8 Å². The normalized spacial score (nSPS) is 14.1. The summed E-state index contributed by atoms with van der Waals surface area (Å²) in [5.74, 6) is 0.770. The van der Waals surface area contributed by atoms with Crippen molar-refractivity contribution in [2.75, 3.05) is 5.75 Å². The predicted molar refractivity (Wildman–Crippen MR) is 77.7 cm³/mol. The van der Waals surface area contributed by atoms with Gasteiger partial charge in [0.25, 0.3) is 0 Å². The van der Waals surface area contributed by atoms with E-state index in [0.29, 0.717) is 5.25 Å². The van der Waals surface area contributed by atoms with Gasteiger partial charge in [-0.15, -0.1) is 0 Å². The summed E-state index contributed by atoms with van der Waals surface area (Å²) in [6, 6.07) is 8.34. The van der Waals surface area contributed by atoms with Crippen LogP contribution in [0.5, 0.6) is 0 Å². The van der Waals surface area contributed by atoms with Crippen molar-refractivity contribution in [2.45, 2.75) is 51.4 Å². The summed E-state index contributed by atoms with van der Waals surface area (Å²) in [6.07, 6.45) is -0.351. The van der Waals surface area contributed by atoms with Crippen LogP contribution in [-0.2, 0) is 5.41 Å². The van der Waals surface area contributed by atoms with Crippen molar-refractivity contribution in [1.82, 2.24) is 0 Å². The summed E-state index contributed by atoms with van der Waals surface area (Å²) < 4.78 is 0. The highest BCUT2D eigenvalue weighted by Crippen LogP contribution is 2.25. The Morgan fingerprint density at radius 1 is 1.12 bits per heavy atom. The molecule has 0 amide bonds. The molecule has 2 heteroatoms. The van der Waals surface area contributed by atoms with Gasteiger partial charge < -0.3 is 5.11 Å². The van der Waals surface area contributed by atoms with Crippen molar-refractivity contribution in [3.8, 4) is 0 Å². The Labute approximate surface area is 110 Å². The molecule has 0 aliphatic carbocycles. The van der Waals surface area contributed by atoms with Crippen molar-refractivity contribution >= 4 is 11.8 Å². The molecule has 0 saturated carbocycles. The maximum Gasteiger partial charge on any atom is 0.0880 e. The zero-order valence-electron chi connectivity index (χ0n) is 11.5. The van der Waals surface area contributed by atoms with E-state index in [4.69, 9.17) is 0 Å². The number of aliphatic hydroxyl groups excluding tert-OH is 1. The monoisotopic (exact) mass is 252 g/mol. The summed E-state index contributed by atoms with van der Waals surface area (Å²) in [4.78, 5) is 0. The van der Waals surface area contributed by atoms with Gasteiger partial charge in [0.2, 0.25) is 0 Å². The molecule has 0 spiro atoms. The highest BCUT2D eigenvalue weighted by molar-refractivity contribution is 7.99. The van der Waals surface area contributed by atoms with Crippen LogP contribution in [0, 0.1) is 0 Å². The molecule has 1 atom stereocenters. The Bertz CT molecular complexity index is 335. The molecule has 0 bridgehead atoms. The van der Waals surface area contributed by atoms with E-state index in [1.807, 2.05) is 12.1 Å². The first-order chi connectivity index (χ1) is 7.80. The number of thioether (sulfide) groups is 1. The molecule has 17 heavy (non-hydrogen) atoms. The van der Waals surface area contributed by atoms with Crippen LogP contribution in [0.15, 0.2) is 24.3 Å². The lowest BCUT2D eigenvalue weighted by Gasteiger charge is -2.20. The minimum Gasteiger partial charge on any atom is -0.388 e.